The molecule has 0 fully saturated rings. The average molecular weight is 473 g/mol. The highest BCUT2D eigenvalue weighted by Crippen LogP contribution is 2.44. The van der Waals surface area contributed by atoms with Crippen molar-refractivity contribution in [1.82, 2.24) is 4.90 Å². The maximum Gasteiger partial charge on any atom is 0.411 e. The summed E-state index contributed by atoms with van der Waals surface area (Å²) in [6.07, 6.45) is 0.686. The number of fused-ring (bicyclic) bond motifs is 3. The van der Waals surface area contributed by atoms with Gasteiger partial charge in [0.1, 0.15) is 6.61 Å². The van der Waals surface area contributed by atoms with Crippen molar-refractivity contribution in [2.24, 2.45) is 0 Å². The molecule has 2 amide bonds. The Morgan fingerprint density at radius 3 is 2.09 bits per heavy atom. The summed E-state index contributed by atoms with van der Waals surface area (Å²) >= 11 is 0. The lowest BCUT2D eigenvalue weighted by Crippen LogP contribution is -2.27. The Bertz CT molecular complexity index is 1180. The minimum atomic E-state index is -0.835. The molecule has 3 aromatic rings. The molecule has 1 aliphatic carbocycles. The molecule has 0 spiro atoms. The summed E-state index contributed by atoms with van der Waals surface area (Å²) in [5.41, 5.74) is 5.66. The standard InChI is InChI=1S/C28H28N2O5/c1-30(17-7-6-12-26(31)32)27(33)19-13-15-20(16-14-19)29-28(34)35-18-25-23-10-4-2-8-21(23)22-9-3-5-11-24(22)25/h2-5,8-11,13-16,25H,6-7,12,17-18H2,1H3,(H,29,34)(H,31,32). The van der Waals surface area contributed by atoms with Crippen LogP contribution in [0.3, 0.4) is 0 Å². The highest BCUT2D eigenvalue weighted by atomic mass is 16.5. The van der Waals surface area contributed by atoms with Crippen LogP contribution in [0.1, 0.15) is 46.7 Å². The Kier molecular flexibility index (Phi) is 7.45. The lowest BCUT2D eigenvalue weighted by molar-refractivity contribution is -0.137. The van der Waals surface area contributed by atoms with Crippen LogP contribution in [-0.2, 0) is 9.53 Å². The van der Waals surface area contributed by atoms with Gasteiger partial charge < -0.3 is 14.7 Å². The first-order valence-electron chi connectivity index (χ1n) is 11.6. The van der Waals surface area contributed by atoms with Gasteiger partial charge in [-0.25, -0.2) is 4.79 Å². The summed E-state index contributed by atoms with van der Waals surface area (Å²) in [6.45, 7) is 0.703. The van der Waals surface area contributed by atoms with Crippen molar-refractivity contribution < 1.29 is 24.2 Å². The Hall–Kier alpha value is -4.13. The fourth-order valence-corrected chi connectivity index (χ4v) is 4.40. The Labute approximate surface area is 204 Å². The summed E-state index contributed by atoms with van der Waals surface area (Å²) in [6, 6.07) is 22.9. The van der Waals surface area contributed by atoms with Gasteiger partial charge in [0.05, 0.1) is 0 Å². The second kappa shape index (κ2) is 10.9. The van der Waals surface area contributed by atoms with E-state index in [0.29, 0.717) is 30.6 Å². The maximum atomic E-state index is 12.6. The molecule has 0 aromatic heterocycles. The molecule has 0 bridgehead atoms. The van der Waals surface area contributed by atoms with Crippen molar-refractivity contribution >= 4 is 23.7 Å². The largest absolute Gasteiger partial charge is 0.481 e. The monoisotopic (exact) mass is 472 g/mol. The number of benzene rings is 3. The van der Waals surface area contributed by atoms with Gasteiger partial charge >= 0.3 is 12.1 Å². The van der Waals surface area contributed by atoms with Gasteiger partial charge in [-0.2, -0.15) is 0 Å². The molecule has 7 heteroatoms. The van der Waals surface area contributed by atoms with Crippen LogP contribution in [0.4, 0.5) is 10.5 Å². The zero-order valence-corrected chi connectivity index (χ0v) is 19.6. The fourth-order valence-electron chi connectivity index (χ4n) is 4.40. The minimum Gasteiger partial charge on any atom is -0.481 e. The van der Waals surface area contributed by atoms with Crippen molar-refractivity contribution in [3.05, 3.63) is 89.5 Å². The molecule has 0 unspecified atom stereocenters. The highest BCUT2D eigenvalue weighted by Gasteiger charge is 2.29. The molecule has 4 rings (SSSR count). The van der Waals surface area contributed by atoms with Gasteiger partial charge in [0.2, 0.25) is 0 Å². The van der Waals surface area contributed by atoms with Crippen LogP contribution in [0.25, 0.3) is 11.1 Å². The molecule has 7 nitrogen and oxygen atoms in total. The van der Waals surface area contributed by atoms with E-state index in [1.807, 2.05) is 24.3 Å². The fraction of sp³-hybridized carbons (Fsp3) is 0.250. The number of carbonyl (C=O) groups is 3. The van der Waals surface area contributed by atoms with E-state index in [4.69, 9.17) is 9.84 Å². The quantitative estimate of drug-likeness (QED) is 0.408. The summed E-state index contributed by atoms with van der Waals surface area (Å²) in [5.74, 6) is -1.01. The molecular formula is C28H28N2O5. The van der Waals surface area contributed by atoms with Crippen LogP contribution >= 0.6 is 0 Å². The summed E-state index contributed by atoms with van der Waals surface area (Å²) in [7, 11) is 1.69. The van der Waals surface area contributed by atoms with E-state index >= 15 is 0 Å². The second-order valence-corrected chi connectivity index (χ2v) is 8.61. The lowest BCUT2D eigenvalue weighted by Gasteiger charge is -2.17. The molecule has 0 saturated carbocycles. The molecule has 0 heterocycles. The number of rotatable bonds is 9. The van der Waals surface area contributed by atoms with Crippen molar-refractivity contribution in [2.75, 3.05) is 25.5 Å². The second-order valence-electron chi connectivity index (χ2n) is 8.61. The van der Waals surface area contributed by atoms with Gasteiger partial charge in [-0.05, 0) is 59.4 Å². The number of carboxylic acids is 1. The number of amides is 2. The average Bonchev–Trinajstić information content (AvgIpc) is 3.19. The molecule has 2 N–H and O–H groups in total. The first-order chi connectivity index (χ1) is 16.9. The van der Waals surface area contributed by atoms with Gasteiger partial charge in [0.25, 0.3) is 5.91 Å². The number of nitrogens with zero attached hydrogens (tertiary/aromatic N) is 1. The molecule has 0 atom stereocenters. The minimum absolute atomic E-state index is 0.0146. The van der Waals surface area contributed by atoms with Crippen LogP contribution < -0.4 is 5.32 Å². The molecule has 180 valence electrons. The normalized spacial score (nSPS) is 11.9. The van der Waals surface area contributed by atoms with Gasteiger partial charge in [0, 0.05) is 37.2 Å². The number of ether oxygens (including phenoxy) is 1. The van der Waals surface area contributed by atoms with E-state index < -0.39 is 12.1 Å². The van der Waals surface area contributed by atoms with Gasteiger partial charge in [0.15, 0.2) is 0 Å². The van der Waals surface area contributed by atoms with E-state index in [1.165, 1.54) is 11.1 Å². The van der Waals surface area contributed by atoms with Crippen molar-refractivity contribution in [2.45, 2.75) is 25.2 Å². The lowest BCUT2D eigenvalue weighted by atomic mass is 9.98. The molecule has 35 heavy (non-hydrogen) atoms. The van der Waals surface area contributed by atoms with Crippen molar-refractivity contribution in [1.29, 1.82) is 0 Å². The predicted molar refractivity (Wildman–Crippen MR) is 134 cm³/mol. The van der Waals surface area contributed by atoms with E-state index in [9.17, 15) is 14.4 Å². The van der Waals surface area contributed by atoms with E-state index in [1.54, 1.807) is 36.2 Å². The number of hydrogen-bond acceptors (Lipinski definition) is 4. The van der Waals surface area contributed by atoms with Crippen LogP contribution in [0.5, 0.6) is 0 Å². The zero-order valence-electron chi connectivity index (χ0n) is 19.6. The molecule has 3 aromatic carbocycles. The summed E-state index contributed by atoms with van der Waals surface area (Å²) < 4.78 is 5.56. The van der Waals surface area contributed by atoms with Crippen LogP contribution in [0.2, 0.25) is 0 Å². The number of carboxylic acid groups (broad SMARTS) is 1. The third-order valence-electron chi connectivity index (χ3n) is 6.20. The first-order valence-corrected chi connectivity index (χ1v) is 11.6. The third kappa shape index (κ3) is 5.69. The zero-order chi connectivity index (χ0) is 24.8. The van der Waals surface area contributed by atoms with Crippen LogP contribution in [-0.4, -0.2) is 48.2 Å². The van der Waals surface area contributed by atoms with E-state index in [0.717, 1.165) is 11.1 Å². The molecular weight excluding hydrogens is 444 g/mol. The smallest absolute Gasteiger partial charge is 0.411 e. The Morgan fingerprint density at radius 1 is 0.886 bits per heavy atom. The first kappa shape index (κ1) is 24.0. The van der Waals surface area contributed by atoms with E-state index in [2.05, 4.69) is 29.6 Å². The summed E-state index contributed by atoms with van der Waals surface area (Å²) in [5, 5.41) is 11.4. The third-order valence-corrected chi connectivity index (χ3v) is 6.20. The molecule has 0 radical (unpaired) electrons. The summed E-state index contributed by atoms with van der Waals surface area (Å²) in [4.78, 5) is 37.2. The number of aliphatic carboxylic acids is 1. The molecule has 0 saturated heterocycles. The Balaban J connectivity index is 1.30. The maximum absolute atomic E-state index is 12.6. The van der Waals surface area contributed by atoms with Crippen molar-refractivity contribution in [3.8, 4) is 11.1 Å². The predicted octanol–water partition coefficient (Wildman–Crippen LogP) is 5.37. The van der Waals surface area contributed by atoms with Crippen LogP contribution in [0.15, 0.2) is 72.8 Å². The van der Waals surface area contributed by atoms with Crippen LogP contribution in [0, 0.1) is 0 Å². The number of unbranched alkanes of at least 4 members (excludes halogenated alkanes) is 1. The number of hydrogen-bond donors (Lipinski definition) is 2. The highest BCUT2D eigenvalue weighted by molar-refractivity contribution is 5.95. The van der Waals surface area contributed by atoms with Gasteiger partial charge in [-0.1, -0.05) is 48.5 Å². The molecule has 1 aliphatic rings. The topological polar surface area (TPSA) is 95.9 Å². The number of carbonyl (C=O) groups excluding carboxylic acids is 2. The number of nitrogens with one attached hydrogen (secondary N) is 1. The van der Waals surface area contributed by atoms with Gasteiger partial charge in [-0.15, -0.1) is 0 Å². The number of anilines is 1. The van der Waals surface area contributed by atoms with Crippen molar-refractivity contribution in [3.63, 3.8) is 0 Å². The van der Waals surface area contributed by atoms with Gasteiger partial charge in [-0.3, -0.25) is 14.9 Å². The van der Waals surface area contributed by atoms with E-state index in [-0.39, 0.29) is 24.9 Å². The SMILES string of the molecule is CN(CCCCC(=O)O)C(=O)c1ccc(NC(=O)OCC2c3ccccc3-c3ccccc32)cc1. The Morgan fingerprint density at radius 2 is 1.49 bits per heavy atom. The molecule has 0 aliphatic heterocycles.